The van der Waals surface area contributed by atoms with E-state index in [0.29, 0.717) is 17.1 Å². The van der Waals surface area contributed by atoms with Crippen LogP contribution in [0.1, 0.15) is 20.8 Å². The first kappa shape index (κ1) is 13.6. The van der Waals surface area contributed by atoms with Gasteiger partial charge in [-0.2, -0.15) is 0 Å². The fourth-order valence-electron chi connectivity index (χ4n) is 1.51. The van der Waals surface area contributed by atoms with Crippen molar-refractivity contribution in [3.05, 3.63) is 55.1 Å². The molecular weight excluding hydrogens is 334 g/mol. The lowest BCUT2D eigenvalue weighted by molar-refractivity contribution is 0.0951. The van der Waals surface area contributed by atoms with Crippen molar-refractivity contribution in [3.63, 3.8) is 0 Å². The van der Waals surface area contributed by atoms with Gasteiger partial charge >= 0.3 is 0 Å². The minimum atomic E-state index is -0.149. The highest BCUT2D eigenvalue weighted by atomic mass is 79.9. The van der Waals surface area contributed by atoms with Gasteiger partial charge in [0, 0.05) is 14.7 Å². The zero-order valence-corrected chi connectivity index (χ0v) is 12.8. The molecule has 1 aromatic heterocycles. The second-order valence-corrected chi connectivity index (χ2v) is 6.22. The van der Waals surface area contributed by atoms with Gasteiger partial charge in [0.2, 0.25) is 0 Å². The van der Waals surface area contributed by atoms with Crippen molar-refractivity contribution in [2.45, 2.75) is 13.5 Å². The van der Waals surface area contributed by atoms with Gasteiger partial charge in [0.25, 0.3) is 5.91 Å². The average Bonchev–Trinajstić information content (AvgIpc) is 2.72. The first-order chi connectivity index (χ1) is 8.56. The van der Waals surface area contributed by atoms with Crippen molar-refractivity contribution in [3.8, 4) is 0 Å². The number of carbonyl (C=O) groups is 1. The maximum absolute atomic E-state index is 12.0. The highest BCUT2D eigenvalue weighted by Crippen LogP contribution is 2.20. The Kier molecular flexibility index (Phi) is 4.43. The van der Waals surface area contributed by atoms with Crippen molar-refractivity contribution in [2.75, 3.05) is 0 Å². The molecule has 94 valence electrons. The highest BCUT2D eigenvalue weighted by molar-refractivity contribution is 9.10. The van der Waals surface area contributed by atoms with Crippen LogP contribution in [0, 0.1) is 6.92 Å². The number of thiophene rings is 1. The van der Waals surface area contributed by atoms with Crippen molar-refractivity contribution in [1.82, 2.24) is 5.32 Å². The van der Waals surface area contributed by atoms with Crippen LogP contribution >= 0.6 is 38.9 Å². The average molecular weight is 345 g/mol. The molecule has 2 nitrogen and oxygen atoms in total. The van der Waals surface area contributed by atoms with Crippen LogP contribution in [0.15, 0.2) is 34.1 Å². The van der Waals surface area contributed by atoms with E-state index in [4.69, 9.17) is 11.6 Å². The second-order valence-electron chi connectivity index (χ2n) is 3.90. The summed E-state index contributed by atoms with van der Waals surface area (Å²) >= 11 is 11.0. The smallest absolute Gasteiger partial charge is 0.253 e. The number of hydrogen-bond acceptors (Lipinski definition) is 2. The van der Waals surface area contributed by atoms with Crippen LogP contribution < -0.4 is 5.32 Å². The van der Waals surface area contributed by atoms with Crippen molar-refractivity contribution in [2.24, 2.45) is 0 Å². The van der Waals surface area contributed by atoms with Gasteiger partial charge in [-0.05, 0) is 46.6 Å². The van der Waals surface area contributed by atoms with E-state index in [1.165, 1.54) is 0 Å². The van der Waals surface area contributed by atoms with E-state index < -0.39 is 0 Å². The van der Waals surface area contributed by atoms with Crippen LogP contribution in [0.4, 0.5) is 0 Å². The van der Waals surface area contributed by atoms with Gasteiger partial charge in [0.1, 0.15) is 0 Å². The zero-order chi connectivity index (χ0) is 13.1. The molecule has 2 aromatic rings. The van der Waals surface area contributed by atoms with Gasteiger partial charge in [-0.15, -0.1) is 11.3 Å². The quantitative estimate of drug-likeness (QED) is 0.878. The summed E-state index contributed by atoms with van der Waals surface area (Å²) in [6.45, 7) is 2.45. The number of benzene rings is 1. The van der Waals surface area contributed by atoms with E-state index in [2.05, 4.69) is 21.2 Å². The van der Waals surface area contributed by atoms with Crippen LogP contribution in [0.3, 0.4) is 0 Å². The Morgan fingerprint density at radius 3 is 2.83 bits per heavy atom. The third-order valence-corrected chi connectivity index (χ3v) is 4.42. The molecule has 0 radical (unpaired) electrons. The van der Waals surface area contributed by atoms with Crippen LogP contribution in [0.2, 0.25) is 5.02 Å². The van der Waals surface area contributed by atoms with Gasteiger partial charge in [0.15, 0.2) is 0 Å². The molecule has 1 N–H and O–H groups in total. The van der Waals surface area contributed by atoms with Gasteiger partial charge in [-0.25, -0.2) is 0 Å². The van der Waals surface area contributed by atoms with Crippen LogP contribution in [-0.2, 0) is 6.54 Å². The lowest BCUT2D eigenvalue weighted by atomic mass is 10.1. The van der Waals surface area contributed by atoms with Gasteiger partial charge in [-0.1, -0.05) is 17.7 Å². The van der Waals surface area contributed by atoms with Crippen LogP contribution in [-0.4, -0.2) is 5.91 Å². The molecule has 0 atom stereocenters. The third kappa shape index (κ3) is 3.34. The molecule has 1 amide bonds. The topological polar surface area (TPSA) is 29.1 Å². The Balaban J connectivity index is 2.03. The maximum atomic E-state index is 12.0. The summed E-state index contributed by atoms with van der Waals surface area (Å²) in [7, 11) is 0. The van der Waals surface area contributed by atoms with E-state index in [1.807, 2.05) is 24.4 Å². The number of amides is 1. The second kappa shape index (κ2) is 5.87. The van der Waals surface area contributed by atoms with Crippen LogP contribution in [0.5, 0.6) is 0 Å². The Hall–Kier alpha value is -0.840. The molecule has 0 fully saturated rings. The molecule has 0 unspecified atom stereocenters. The normalized spacial score (nSPS) is 10.4. The molecule has 1 heterocycles. The Morgan fingerprint density at radius 2 is 2.22 bits per heavy atom. The van der Waals surface area contributed by atoms with E-state index in [0.717, 1.165) is 14.9 Å². The van der Waals surface area contributed by atoms with E-state index >= 15 is 0 Å². The van der Waals surface area contributed by atoms with Gasteiger partial charge < -0.3 is 5.32 Å². The molecule has 2 rings (SSSR count). The molecule has 0 spiro atoms. The number of halogens is 2. The third-order valence-electron chi connectivity index (χ3n) is 2.41. The van der Waals surface area contributed by atoms with E-state index in [1.54, 1.807) is 23.5 Å². The molecule has 0 aliphatic heterocycles. The van der Waals surface area contributed by atoms with Crippen molar-refractivity contribution < 1.29 is 4.79 Å². The summed E-state index contributed by atoms with van der Waals surface area (Å²) in [6.07, 6.45) is 0. The summed E-state index contributed by atoms with van der Waals surface area (Å²) in [5.74, 6) is -0.149. The number of carbonyl (C=O) groups excluding carboxylic acids is 1. The summed E-state index contributed by atoms with van der Waals surface area (Å²) in [5, 5.41) is 5.33. The van der Waals surface area contributed by atoms with Crippen LogP contribution in [0.25, 0.3) is 0 Å². The first-order valence-corrected chi connectivity index (χ1v) is 7.38. The Bertz CT molecular complexity index is 582. The van der Waals surface area contributed by atoms with Crippen molar-refractivity contribution in [1.29, 1.82) is 0 Å². The molecule has 0 bridgehead atoms. The molecule has 0 aliphatic carbocycles. The molecule has 0 saturated carbocycles. The predicted molar refractivity (Wildman–Crippen MR) is 79.4 cm³/mol. The first-order valence-electron chi connectivity index (χ1n) is 5.33. The fraction of sp³-hybridized carbons (Fsp3) is 0.154. The minimum Gasteiger partial charge on any atom is -0.347 e. The summed E-state index contributed by atoms with van der Waals surface area (Å²) < 4.78 is 1.03. The number of aryl methyl sites for hydroxylation is 1. The number of hydrogen-bond donors (Lipinski definition) is 1. The standard InChI is InChI=1S/C13H11BrClNOS/c1-8-2-3-11(12(15)4-8)13(17)16-6-10-5-9(14)7-18-10/h2-5,7H,6H2,1H3,(H,16,17). The van der Waals surface area contributed by atoms with Crippen molar-refractivity contribution >= 4 is 44.8 Å². The lowest BCUT2D eigenvalue weighted by Gasteiger charge is -2.06. The Labute approximate surface area is 123 Å². The summed E-state index contributed by atoms with van der Waals surface area (Å²) in [6, 6.07) is 7.40. The molecule has 18 heavy (non-hydrogen) atoms. The predicted octanol–water partition coefficient (Wildman–Crippen LogP) is 4.40. The van der Waals surface area contributed by atoms with E-state index in [9.17, 15) is 4.79 Å². The zero-order valence-electron chi connectivity index (χ0n) is 9.67. The maximum Gasteiger partial charge on any atom is 0.253 e. The molecule has 0 saturated heterocycles. The van der Waals surface area contributed by atoms with Gasteiger partial charge in [0.05, 0.1) is 17.1 Å². The lowest BCUT2D eigenvalue weighted by Crippen LogP contribution is -2.22. The Morgan fingerprint density at radius 1 is 1.44 bits per heavy atom. The molecular formula is C13H11BrClNOS. The molecule has 1 aromatic carbocycles. The highest BCUT2D eigenvalue weighted by Gasteiger charge is 2.10. The monoisotopic (exact) mass is 343 g/mol. The van der Waals surface area contributed by atoms with E-state index in [-0.39, 0.29) is 5.91 Å². The largest absolute Gasteiger partial charge is 0.347 e. The molecule has 0 aliphatic rings. The fourth-order valence-corrected chi connectivity index (χ4v) is 3.23. The number of rotatable bonds is 3. The summed E-state index contributed by atoms with van der Waals surface area (Å²) in [5.41, 5.74) is 1.55. The van der Waals surface area contributed by atoms with Gasteiger partial charge in [-0.3, -0.25) is 4.79 Å². The summed E-state index contributed by atoms with van der Waals surface area (Å²) in [4.78, 5) is 13.1. The number of nitrogens with one attached hydrogen (secondary N) is 1. The molecule has 5 heteroatoms. The minimum absolute atomic E-state index is 0.149. The SMILES string of the molecule is Cc1ccc(C(=O)NCc2cc(Br)cs2)c(Cl)c1.